The first-order chi connectivity index (χ1) is 15.0. The lowest BCUT2D eigenvalue weighted by Gasteiger charge is -2.30. The first kappa shape index (κ1) is 20.9. The summed E-state index contributed by atoms with van der Waals surface area (Å²) in [5.41, 5.74) is 4.50. The molecule has 3 aromatic carbocycles. The highest BCUT2D eigenvalue weighted by Crippen LogP contribution is 2.35. The van der Waals surface area contributed by atoms with Gasteiger partial charge in [-0.25, -0.2) is 0 Å². The van der Waals surface area contributed by atoms with Gasteiger partial charge in [0.05, 0.1) is 12.2 Å². The summed E-state index contributed by atoms with van der Waals surface area (Å²) >= 11 is 6.09. The predicted molar refractivity (Wildman–Crippen MR) is 123 cm³/mol. The third-order valence-electron chi connectivity index (χ3n) is 5.18. The molecular weight excluding hydrogens is 412 g/mol. The zero-order valence-corrected chi connectivity index (χ0v) is 18.0. The van der Waals surface area contributed by atoms with Crippen molar-refractivity contribution in [1.29, 1.82) is 0 Å². The van der Waals surface area contributed by atoms with E-state index in [2.05, 4.69) is 5.32 Å². The Kier molecular flexibility index (Phi) is 6.23. The fourth-order valence-electron chi connectivity index (χ4n) is 3.51. The lowest BCUT2D eigenvalue weighted by atomic mass is 10.1. The van der Waals surface area contributed by atoms with E-state index in [1.54, 1.807) is 29.2 Å². The Morgan fingerprint density at radius 2 is 1.87 bits per heavy atom. The van der Waals surface area contributed by atoms with Gasteiger partial charge in [-0.1, -0.05) is 53.6 Å². The number of carbonyl (C=O) groups excluding carboxylic acids is 2. The maximum Gasteiger partial charge on any atom is 0.265 e. The van der Waals surface area contributed by atoms with Crippen molar-refractivity contribution in [3.63, 3.8) is 0 Å². The predicted octanol–water partition coefficient (Wildman–Crippen LogP) is 5.15. The molecule has 31 heavy (non-hydrogen) atoms. The van der Waals surface area contributed by atoms with Crippen LogP contribution in [0.25, 0.3) is 0 Å². The number of rotatable bonds is 6. The van der Waals surface area contributed by atoms with Gasteiger partial charge in [0.1, 0.15) is 5.75 Å². The molecule has 0 saturated heterocycles. The number of nitrogens with one attached hydrogen (secondary N) is 1. The number of amides is 2. The van der Waals surface area contributed by atoms with Gasteiger partial charge in [-0.3, -0.25) is 9.59 Å². The van der Waals surface area contributed by atoms with Crippen LogP contribution in [0.15, 0.2) is 66.7 Å². The second kappa shape index (κ2) is 9.23. The summed E-state index contributed by atoms with van der Waals surface area (Å²) in [7, 11) is 0. The van der Waals surface area contributed by atoms with E-state index in [0.29, 0.717) is 41.5 Å². The first-order valence-corrected chi connectivity index (χ1v) is 10.5. The standard InChI is InChI=1S/C25H23ClN2O3/c1-17-5-7-18(8-6-17)9-12-24(29)27-21-10-11-23-22(14-21)28(25(30)16-31-23)15-19-3-2-4-20(26)13-19/h2-8,10-11,13-14H,9,12,15-16H2,1H3,(H,27,29). The molecule has 0 radical (unpaired) electrons. The lowest BCUT2D eigenvalue weighted by molar-refractivity contribution is -0.121. The highest BCUT2D eigenvalue weighted by atomic mass is 35.5. The van der Waals surface area contributed by atoms with Gasteiger partial charge in [-0.15, -0.1) is 0 Å². The van der Waals surface area contributed by atoms with E-state index in [1.807, 2.05) is 49.4 Å². The molecule has 0 atom stereocenters. The number of halogens is 1. The number of anilines is 2. The molecule has 0 aliphatic carbocycles. The Hall–Kier alpha value is -3.31. The second-order valence-electron chi connectivity index (χ2n) is 7.61. The topological polar surface area (TPSA) is 58.6 Å². The normalized spacial score (nSPS) is 12.8. The number of aryl methyl sites for hydroxylation is 2. The Bertz CT molecular complexity index is 1110. The highest BCUT2D eigenvalue weighted by molar-refractivity contribution is 6.30. The van der Waals surface area contributed by atoms with Gasteiger partial charge >= 0.3 is 0 Å². The highest BCUT2D eigenvalue weighted by Gasteiger charge is 2.26. The maximum absolute atomic E-state index is 12.5. The summed E-state index contributed by atoms with van der Waals surface area (Å²) in [5.74, 6) is 0.388. The molecule has 6 heteroatoms. The molecule has 4 rings (SSSR count). The van der Waals surface area contributed by atoms with Gasteiger partial charge in [-0.2, -0.15) is 0 Å². The fraction of sp³-hybridized carbons (Fsp3) is 0.200. The minimum Gasteiger partial charge on any atom is -0.482 e. The zero-order valence-electron chi connectivity index (χ0n) is 17.2. The van der Waals surface area contributed by atoms with Crippen molar-refractivity contribution in [3.05, 3.63) is 88.4 Å². The summed E-state index contributed by atoms with van der Waals surface area (Å²) in [5, 5.41) is 3.55. The van der Waals surface area contributed by atoms with Crippen LogP contribution in [0.4, 0.5) is 11.4 Å². The number of benzene rings is 3. The molecule has 1 aliphatic rings. The molecule has 0 aromatic heterocycles. The van der Waals surface area contributed by atoms with E-state index in [4.69, 9.17) is 16.3 Å². The van der Waals surface area contributed by atoms with Crippen LogP contribution in [0.5, 0.6) is 5.75 Å². The molecule has 158 valence electrons. The van der Waals surface area contributed by atoms with Crippen LogP contribution in [-0.4, -0.2) is 18.4 Å². The van der Waals surface area contributed by atoms with Gasteiger partial charge < -0.3 is 15.0 Å². The van der Waals surface area contributed by atoms with Gasteiger partial charge in [-0.05, 0) is 54.8 Å². The van der Waals surface area contributed by atoms with E-state index in [9.17, 15) is 9.59 Å². The maximum atomic E-state index is 12.5. The summed E-state index contributed by atoms with van der Waals surface area (Å²) in [6, 6.07) is 20.9. The average Bonchev–Trinajstić information content (AvgIpc) is 2.75. The molecular formula is C25H23ClN2O3. The van der Waals surface area contributed by atoms with Crippen molar-refractivity contribution in [3.8, 4) is 5.75 Å². The van der Waals surface area contributed by atoms with E-state index < -0.39 is 0 Å². The minimum atomic E-state index is -0.143. The number of nitrogens with zero attached hydrogens (tertiary/aromatic N) is 1. The van der Waals surface area contributed by atoms with Crippen LogP contribution in [-0.2, 0) is 22.6 Å². The number of carbonyl (C=O) groups is 2. The van der Waals surface area contributed by atoms with Crippen LogP contribution >= 0.6 is 11.6 Å². The molecule has 0 saturated carbocycles. The molecule has 1 N–H and O–H groups in total. The molecule has 0 unspecified atom stereocenters. The van der Waals surface area contributed by atoms with Crippen molar-refractivity contribution in [2.75, 3.05) is 16.8 Å². The Labute approximate surface area is 186 Å². The van der Waals surface area contributed by atoms with Crippen molar-refractivity contribution in [2.45, 2.75) is 26.3 Å². The molecule has 5 nitrogen and oxygen atoms in total. The van der Waals surface area contributed by atoms with Gasteiger partial charge in [0, 0.05) is 17.1 Å². The third kappa shape index (κ3) is 5.25. The average molecular weight is 435 g/mol. The second-order valence-corrected chi connectivity index (χ2v) is 8.05. The van der Waals surface area contributed by atoms with Gasteiger partial charge in [0.15, 0.2) is 6.61 Å². The van der Waals surface area contributed by atoms with E-state index in [1.165, 1.54) is 5.56 Å². The first-order valence-electron chi connectivity index (χ1n) is 10.1. The molecule has 1 heterocycles. The summed E-state index contributed by atoms with van der Waals surface area (Å²) in [6.45, 7) is 2.40. The minimum absolute atomic E-state index is 0.0180. The van der Waals surface area contributed by atoms with Crippen molar-refractivity contribution >= 4 is 34.8 Å². The quantitative estimate of drug-likeness (QED) is 0.584. The number of hydrogen-bond acceptors (Lipinski definition) is 3. The Balaban J connectivity index is 1.47. The van der Waals surface area contributed by atoms with Gasteiger partial charge in [0.25, 0.3) is 5.91 Å². The number of fused-ring (bicyclic) bond motifs is 1. The van der Waals surface area contributed by atoms with Crippen LogP contribution in [0, 0.1) is 6.92 Å². The summed E-state index contributed by atoms with van der Waals surface area (Å²) in [6.07, 6.45) is 1.04. The molecule has 0 fully saturated rings. The lowest BCUT2D eigenvalue weighted by Crippen LogP contribution is -2.38. The molecule has 3 aromatic rings. The smallest absolute Gasteiger partial charge is 0.265 e. The van der Waals surface area contributed by atoms with Crippen LogP contribution in [0.1, 0.15) is 23.1 Å². The Morgan fingerprint density at radius 1 is 1.06 bits per heavy atom. The van der Waals surface area contributed by atoms with Crippen molar-refractivity contribution in [1.82, 2.24) is 0 Å². The fourth-order valence-corrected chi connectivity index (χ4v) is 3.72. The monoisotopic (exact) mass is 434 g/mol. The van der Waals surface area contributed by atoms with Crippen LogP contribution in [0.2, 0.25) is 5.02 Å². The molecule has 1 aliphatic heterocycles. The number of ether oxygens (including phenoxy) is 1. The molecule has 0 bridgehead atoms. The summed E-state index contributed by atoms with van der Waals surface area (Å²) < 4.78 is 5.57. The van der Waals surface area contributed by atoms with Gasteiger partial charge in [0.2, 0.25) is 5.91 Å². The van der Waals surface area contributed by atoms with Crippen LogP contribution < -0.4 is 15.0 Å². The zero-order chi connectivity index (χ0) is 21.8. The number of hydrogen-bond donors (Lipinski definition) is 1. The molecule has 0 spiro atoms. The van der Waals surface area contributed by atoms with Crippen LogP contribution in [0.3, 0.4) is 0 Å². The van der Waals surface area contributed by atoms with E-state index in [0.717, 1.165) is 11.1 Å². The SMILES string of the molecule is Cc1ccc(CCC(=O)Nc2ccc3c(c2)N(Cc2cccc(Cl)c2)C(=O)CO3)cc1. The largest absolute Gasteiger partial charge is 0.482 e. The van der Waals surface area contributed by atoms with E-state index in [-0.39, 0.29) is 18.4 Å². The Morgan fingerprint density at radius 3 is 2.65 bits per heavy atom. The van der Waals surface area contributed by atoms with Crippen molar-refractivity contribution < 1.29 is 14.3 Å². The third-order valence-corrected chi connectivity index (χ3v) is 5.41. The molecule has 2 amide bonds. The summed E-state index contributed by atoms with van der Waals surface area (Å²) in [4.78, 5) is 26.7. The van der Waals surface area contributed by atoms with E-state index >= 15 is 0 Å². The van der Waals surface area contributed by atoms with Crippen molar-refractivity contribution in [2.24, 2.45) is 0 Å².